The maximum atomic E-state index is 4.49. The summed E-state index contributed by atoms with van der Waals surface area (Å²) in [6.07, 6.45) is 7.35. The zero-order valence-electron chi connectivity index (χ0n) is 11.3. The summed E-state index contributed by atoms with van der Waals surface area (Å²) in [4.78, 5) is 7.06. The first-order valence-corrected chi connectivity index (χ1v) is 8.17. The van der Waals surface area contributed by atoms with Gasteiger partial charge in [0.25, 0.3) is 0 Å². The van der Waals surface area contributed by atoms with E-state index in [0.29, 0.717) is 0 Å². The molecule has 2 aliphatic heterocycles. The monoisotopic (exact) mass is 323 g/mol. The Kier molecular flexibility index (Phi) is 4.51. The summed E-state index contributed by atoms with van der Waals surface area (Å²) in [5, 5.41) is 3.67. The third kappa shape index (κ3) is 3.56. The van der Waals surface area contributed by atoms with Crippen LogP contribution < -0.4 is 5.32 Å². The van der Waals surface area contributed by atoms with E-state index in [2.05, 4.69) is 43.3 Å². The van der Waals surface area contributed by atoms with E-state index in [9.17, 15) is 0 Å². The molecule has 4 heteroatoms. The average Bonchev–Trinajstić information content (AvgIpc) is 2.96. The van der Waals surface area contributed by atoms with Gasteiger partial charge in [-0.1, -0.05) is 0 Å². The van der Waals surface area contributed by atoms with Crippen molar-refractivity contribution in [3.63, 3.8) is 0 Å². The van der Waals surface area contributed by atoms with Crippen LogP contribution >= 0.6 is 15.9 Å². The second-order valence-corrected chi connectivity index (χ2v) is 6.72. The summed E-state index contributed by atoms with van der Waals surface area (Å²) in [6.45, 7) is 4.67. The summed E-state index contributed by atoms with van der Waals surface area (Å²) in [5.74, 6) is 0.840. The number of nitrogens with zero attached hydrogens (tertiary/aromatic N) is 2. The number of hydrogen-bond acceptors (Lipinski definition) is 3. The SMILES string of the molecule is Brc1ccc(CN2CCCC(C3CCCN3)C2)nc1. The molecular formula is C15H22BrN3. The van der Waals surface area contributed by atoms with Gasteiger partial charge in [-0.3, -0.25) is 9.88 Å². The number of aromatic nitrogens is 1. The van der Waals surface area contributed by atoms with Crippen LogP contribution in [0, 0.1) is 5.92 Å². The van der Waals surface area contributed by atoms with E-state index in [1.54, 1.807) is 0 Å². The van der Waals surface area contributed by atoms with Crippen LogP contribution in [0.4, 0.5) is 0 Å². The van der Waals surface area contributed by atoms with Gasteiger partial charge in [0.15, 0.2) is 0 Å². The molecular weight excluding hydrogens is 302 g/mol. The second kappa shape index (κ2) is 6.33. The van der Waals surface area contributed by atoms with Crippen LogP contribution in [0.25, 0.3) is 0 Å². The van der Waals surface area contributed by atoms with Crippen molar-refractivity contribution in [2.75, 3.05) is 19.6 Å². The minimum Gasteiger partial charge on any atom is -0.314 e. The topological polar surface area (TPSA) is 28.2 Å². The quantitative estimate of drug-likeness (QED) is 0.927. The Hall–Kier alpha value is -0.450. The Morgan fingerprint density at radius 3 is 3.00 bits per heavy atom. The van der Waals surface area contributed by atoms with Crippen LogP contribution in [-0.4, -0.2) is 35.6 Å². The van der Waals surface area contributed by atoms with Gasteiger partial charge in [-0.15, -0.1) is 0 Å². The first-order chi connectivity index (χ1) is 9.31. The van der Waals surface area contributed by atoms with Gasteiger partial charge in [0.2, 0.25) is 0 Å². The Labute approximate surface area is 123 Å². The van der Waals surface area contributed by atoms with E-state index < -0.39 is 0 Å². The molecule has 0 bridgehead atoms. The fraction of sp³-hybridized carbons (Fsp3) is 0.667. The summed E-state index contributed by atoms with van der Waals surface area (Å²) in [5.41, 5.74) is 1.18. The molecule has 1 N–H and O–H groups in total. The molecule has 0 spiro atoms. The third-order valence-electron chi connectivity index (χ3n) is 4.38. The third-order valence-corrected chi connectivity index (χ3v) is 4.85. The highest BCUT2D eigenvalue weighted by atomic mass is 79.9. The van der Waals surface area contributed by atoms with Crippen LogP contribution in [-0.2, 0) is 6.54 Å². The molecule has 1 aromatic rings. The summed E-state index contributed by atoms with van der Waals surface area (Å²) in [7, 11) is 0. The summed E-state index contributed by atoms with van der Waals surface area (Å²) < 4.78 is 1.06. The number of nitrogens with one attached hydrogen (secondary N) is 1. The molecule has 2 atom stereocenters. The van der Waals surface area contributed by atoms with E-state index in [1.165, 1.54) is 51.0 Å². The zero-order chi connectivity index (χ0) is 13.1. The second-order valence-electron chi connectivity index (χ2n) is 5.81. The number of piperidine rings is 1. The Morgan fingerprint density at radius 1 is 1.32 bits per heavy atom. The molecule has 104 valence electrons. The van der Waals surface area contributed by atoms with Crippen LogP contribution in [0.15, 0.2) is 22.8 Å². The van der Waals surface area contributed by atoms with Crippen LogP contribution in [0.5, 0.6) is 0 Å². The minimum absolute atomic E-state index is 0.765. The number of halogens is 1. The first kappa shape index (κ1) is 13.5. The number of hydrogen-bond donors (Lipinski definition) is 1. The lowest BCUT2D eigenvalue weighted by Gasteiger charge is -2.35. The molecule has 2 saturated heterocycles. The van der Waals surface area contributed by atoms with Crippen molar-refractivity contribution in [3.05, 3.63) is 28.5 Å². The van der Waals surface area contributed by atoms with Crippen molar-refractivity contribution in [2.24, 2.45) is 5.92 Å². The molecule has 0 aliphatic carbocycles. The Balaban J connectivity index is 1.57. The van der Waals surface area contributed by atoms with Gasteiger partial charge in [0.05, 0.1) is 5.69 Å². The molecule has 2 fully saturated rings. The van der Waals surface area contributed by atoms with Crippen molar-refractivity contribution >= 4 is 15.9 Å². The Bertz CT molecular complexity index is 400. The predicted octanol–water partition coefficient (Wildman–Crippen LogP) is 2.81. The standard InChI is InChI=1S/C15H22BrN3/c16-13-5-6-14(18-9-13)11-19-8-2-3-12(10-19)15-4-1-7-17-15/h5-6,9,12,15,17H,1-4,7-8,10-11H2. The molecule has 0 radical (unpaired) electrons. The molecule has 0 amide bonds. The van der Waals surface area contributed by atoms with Crippen molar-refractivity contribution in [3.8, 4) is 0 Å². The zero-order valence-corrected chi connectivity index (χ0v) is 12.9. The van der Waals surface area contributed by atoms with Gasteiger partial charge < -0.3 is 5.32 Å². The first-order valence-electron chi connectivity index (χ1n) is 7.37. The smallest absolute Gasteiger partial charge is 0.0544 e. The fourth-order valence-corrected chi connectivity index (χ4v) is 3.64. The lowest BCUT2D eigenvalue weighted by atomic mass is 9.90. The van der Waals surface area contributed by atoms with E-state index in [-0.39, 0.29) is 0 Å². The normalized spacial score (nSPS) is 28.7. The molecule has 2 aliphatic rings. The molecule has 0 saturated carbocycles. The molecule has 1 aromatic heterocycles. The number of rotatable bonds is 3. The molecule has 3 heterocycles. The number of likely N-dealkylation sites (tertiary alicyclic amines) is 1. The van der Waals surface area contributed by atoms with Crippen molar-refractivity contribution < 1.29 is 0 Å². The molecule has 3 rings (SSSR count). The Morgan fingerprint density at radius 2 is 2.26 bits per heavy atom. The highest BCUT2D eigenvalue weighted by Crippen LogP contribution is 2.25. The van der Waals surface area contributed by atoms with Crippen molar-refractivity contribution in [2.45, 2.75) is 38.3 Å². The van der Waals surface area contributed by atoms with Crippen molar-refractivity contribution in [1.82, 2.24) is 15.2 Å². The lowest BCUT2D eigenvalue weighted by molar-refractivity contribution is 0.144. The van der Waals surface area contributed by atoms with Crippen LogP contribution in [0.2, 0.25) is 0 Å². The van der Waals surface area contributed by atoms with Gasteiger partial charge in [-0.2, -0.15) is 0 Å². The predicted molar refractivity (Wildman–Crippen MR) is 81.0 cm³/mol. The highest BCUT2D eigenvalue weighted by Gasteiger charge is 2.28. The maximum Gasteiger partial charge on any atom is 0.0544 e. The van der Waals surface area contributed by atoms with E-state index >= 15 is 0 Å². The highest BCUT2D eigenvalue weighted by molar-refractivity contribution is 9.10. The largest absolute Gasteiger partial charge is 0.314 e. The number of pyridine rings is 1. The molecule has 2 unspecified atom stereocenters. The fourth-order valence-electron chi connectivity index (χ4n) is 3.41. The van der Waals surface area contributed by atoms with Gasteiger partial charge >= 0.3 is 0 Å². The van der Waals surface area contributed by atoms with Gasteiger partial charge in [-0.25, -0.2) is 0 Å². The van der Waals surface area contributed by atoms with Gasteiger partial charge in [0.1, 0.15) is 0 Å². The minimum atomic E-state index is 0.765. The van der Waals surface area contributed by atoms with Gasteiger partial charge in [0, 0.05) is 29.8 Å². The van der Waals surface area contributed by atoms with Crippen LogP contribution in [0.3, 0.4) is 0 Å². The lowest BCUT2D eigenvalue weighted by Crippen LogP contribution is -2.43. The maximum absolute atomic E-state index is 4.49. The molecule has 19 heavy (non-hydrogen) atoms. The van der Waals surface area contributed by atoms with Crippen LogP contribution in [0.1, 0.15) is 31.4 Å². The van der Waals surface area contributed by atoms with E-state index in [0.717, 1.165) is 23.0 Å². The van der Waals surface area contributed by atoms with Gasteiger partial charge in [-0.05, 0) is 72.8 Å². The summed E-state index contributed by atoms with van der Waals surface area (Å²) in [6, 6.07) is 4.98. The van der Waals surface area contributed by atoms with E-state index in [1.807, 2.05) is 6.20 Å². The molecule has 3 nitrogen and oxygen atoms in total. The molecule has 0 aromatic carbocycles. The average molecular weight is 324 g/mol. The van der Waals surface area contributed by atoms with E-state index in [4.69, 9.17) is 0 Å². The summed E-state index contributed by atoms with van der Waals surface area (Å²) >= 11 is 3.44. The van der Waals surface area contributed by atoms with Crippen molar-refractivity contribution in [1.29, 1.82) is 0 Å².